The lowest BCUT2D eigenvalue weighted by molar-refractivity contribution is 0.128. The zero-order valence-electron chi connectivity index (χ0n) is 8.30. The molecule has 3 nitrogen and oxygen atoms in total. The van der Waals surface area contributed by atoms with Gasteiger partial charge >= 0.3 is 0 Å². The summed E-state index contributed by atoms with van der Waals surface area (Å²) in [6.45, 7) is 5.45. The van der Waals surface area contributed by atoms with E-state index in [4.69, 9.17) is 4.74 Å². The number of halogens is 1. The Labute approximate surface area is 87.2 Å². The summed E-state index contributed by atoms with van der Waals surface area (Å²) in [6, 6.07) is 0. The monoisotopic (exact) mass is 246 g/mol. The second-order valence-electron chi connectivity index (χ2n) is 2.82. The molecule has 0 saturated carbocycles. The van der Waals surface area contributed by atoms with Gasteiger partial charge in [0.2, 0.25) is 0 Å². The van der Waals surface area contributed by atoms with Gasteiger partial charge in [0.05, 0.1) is 22.5 Å². The van der Waals surface area contributed by atoms with Crippen molar-refractivity contribution < 1.29 is 4.74 Å². The van der Waals surface area contributed by atoms with Crippen LogP contribution < -0.4 is 0 Å². The van der Waals surface area contributed by atoms with Gasteiger partial charge < -0.3 is 4.74 Å². The van der Waals surface area contributed by atoms with Crippen molar-refractivity contribution in [2.24, 2.45) is 7.05 Å². The maximum atomic E-state index is 5.35. The third-order valence-corrected chi connectivity index (χ3v) is 2.86. The van der Waals surface area contributed by atoms with Gasteiger partial charge in [0.15, 0.2) is 0 Å². The van der Waals surface area contributed by atoms with E-state index in [1.807, 2.05) is 18.7 Å². The molecule has 0 bridgehead atoms. The zero-order valence-corrected chi connectivity index (χ0v) is 9.89. The van der Waals surface area contributed by atoms with Crippen LogP contribution in [0, 0.1) is 0 Å². The maximum absolute atomic E-state index is 5.35. The minimum absolute atomic E-state index is 0.626. The van der Waals surface area contributed by atoms with E-state index in [0.29, 0.717) is 6.61 Å². The zero-order chi connectivity index (χ0) is 9.84. The summed E-state index contributed by atoms with van der Waals surface area (Å²) in [5, 5.41) is 4.37. The highest BCUT2D eigenvalue weighted by molar-refractivity contribution is 9.10. The van der Waals surface area contributed by atoms with Crippen molar-refractivity contribution in [3.63, 3.8) is 0 Å². The molecule has 4 heteroatoms. The molecule has 0 aliphatic rings. The Bertz CT molecular complexity index is 283. The van der Waals surface area contributed by atoms with Crippen LogP contribution in [0.25, 0.3) is 0 Å². The third-order valence-electron chi connectivity index (χ3n) is 1.95. The maximum Gasteiger partial charge on any atom is 0.0896 e. The third kappa shape index (κ3) is 2.31. The Balaban J connectivity index is 2.85. The van der Waals surface area contributed by atoms with Crippen LogP contribution in [0.15, 0.2) is 4.47 Å². The molecule has 1 aromatic rings. The average Bonchev–Trinajstić information content (AvgIpc) is 2.39. The molecule has 0 spiro atoms. The molecular weight excluding hydrogens is 232 g/mol. The van der Waals surface area contributed by atoms with Crippen LogP contribution in [0.2, 0.25) is 0 Å². The molecule has 0 unspecified atom stereocenters. The Morgan fingerprint density at radius 2 is 2.15 bits per heavy atom. The van der Waals surface area contributed by atoms with Crippen molar-refractivity contribution in [3.8, 4) is 0 Å². The second kappa shape index (κ2) is 4.77. The number of hydrogen-bond donors (Lipinski definition) is 0. The van der Waals surface area contributed by atoms with Gasteiger partial charge in [-0.25, -0.2) is 0 Å². The normalized spacial score (nSPS) is 10.8. The van der Waals surface area contributed by atoms with Gasteiger partial charge in [-0.2, -0.15) is 5.10 Å². The minimum Gasteiger partial charge on any atom is -0.375 e. The molecule has 1 heterocycles. The predicted molar refractivity (Wildman–Crippen MR) is 55.6 cm³/mol. The summed E-state index contributed by atoms with van der Waals surface area (Å²) < 4.78 is 8.31. The smallest absolute Gasteiger partial charge is 0.0896 e. The fourth-order valence-electron chi connectivity index (χ4n) is 1.18. The van der Waals surface area contributed by atoms with Gasteiger partial charge in [-0.3, -0.25) is 4.68 Å². The van der Waals surface area contributed by atoms with Crippen LogP contribution in [0.4, 0.5) is 0 Å². The fraction of sp³-hybridized carbons (Fsp3) is 0.667. The number of aryl methyl sites for hydroxylation is 2. The summed E-state index contributed by atoms with van der Waals surface area (Å²) in [7, 11) is 1.94. The average molecular weight is 247 g/mol. The van der Waals surface area contributed by atoms with E-state index < -0.39 is 0 Å². The van der Waals surface area contributed by atoms with Gasteiger partial charge in [0.25, 0.3) is 0 Å². The van der Waals surface area contributed by atoms with Crippen LogP contribution in [-0.4, -0.2) is 16.4 Å². The van der Waals surface area contributed by atoms with Crippen molar-refractivity contribution in [1.82, 2.24) is 9.78 Å². The lowest BCUT2D eigenvalue weighted by Gasteiger charge is -2.01. The quantitative estimate of drug-likeness (QED) is 0.816. The van der Waals surface area contributed by atoms with Crippen LogP contribution in [0.3, 0.4) is 0 Å². The molecule has 0 amide bonds. The first-order valence-corrected chi connectivity index (χ1v) is 5.28. The lowest BCUT2D eigenvalue weighted by atomic mass is 10.3. The highest BCUT2D eigenvalue weighted by Gasteiger charge is 2.11. The van der Waals surface area contributed by atoms with Crippen LogP contribution >= 0.6 is 15.9 Å². The van der Waals surface area contributed by atoms with E-state index >= 15 is 0 Å². The first-order valence-electron chi connectivity index (χ1n) is 4.48. The molecule has 0 atom stereocenters. The van der Waals surface area contributed by atoms with Gasteiger partial charge in [-0.1, -0.05) is 6.92 Å². The van der Waals surface area contributed by atoms with E-state index in [-0.39, 0.29) is 0 Å². The number of aromatic nitrogens is 2. The van der Waals surface area contributed by atoms with E-state index in [0.717, 1.165) is 28.9 Å². The highest BCUT2D eigenvalue weighted by Crippen LogP contribution is 2.21. The number of rotatable bonds is 4. The molecule has 0 N–H and O–H groups in total. The minimum atomic E-state index is 0.626. The largest absolute Gasteiger partial charge is 0.375 e. The molecule has 0 aliphatic carbocycles. The molecule has 1 rings (SSSR count). The van der Waals surface area contributed by atoms with Crippen molar-refractivity contribution in [1.29, 1.82) is 0 Å². The van der Waals surface area contributed by atoms with Crippen molar-refractivity contribution in [2.75, 3.05) is 6.61 Å². The summed E-state index contributed by atoms with van der Waals surface area (Å²) >= 11 is 3.53. The molecule has 0 aromatic carbocycles. The molecule has 0 radical (unpaired) electrons. The van der Waals surface area contributed by atoms with Gasteiger partial charge in [-0.15, -0.1) is 0 Å². The Kier molecular flexibility index (Phi) is 3.93. The van der Waals surface area contributed by atoms with E-state index in [1.54, 1.807) is 0 Å². The van der Waals surface area contributed by atoms with Gasteiger partial charge in [0.1, 0.15) is 0 Å². The molecule has 0 saturated heterocycles. The Morgan fingerprint density at radius 1 is 1.46 bits per heavy atom. The second-order valence-corrected chi connectivity index (χ2v) is 3.61. The molecule has 0 fully saturated rings. The summed E-state index contributed by atoms with van der Waals surface area (Å²) in [4.78, 5) is 0. The fourth-order valence-corrected chi connectivity index (χ4v) is 1.91. The van der Waals surface area contributed by atoms with Gasteiger partial charge in [-0.05, 0) is 29.3 Å². The molecule has 13 heavy (non-hydrogen) atoms. The first-order chi connectivity index (χ1) is 6.20. The Morgan fingerprint density at radius 3 is 2.62 bits per heavy atom. The van der Waals surface area contributed by atoms with Crippen molar-refractivity contribution in [2.45, 2.75) is 26.9 Å². The van der Waals surface area contributed by atoms with Crippen molar-refractivity contribution in [3.05, 3.63) is 15.9 Å². The molecule has 1 aromatic heterocycles. The highest BCUT2D eigenvalue weighted by atomic mass is 79.9. The predicted octanol–water partition coefficient (Wildman–Crippen LogP) is 2.28. The Hall–Kier alpha value is -0.350. The lowest BCUT2D eigenvalue weighted by Crippen LogP contribution is -2.01. The van der Waals surface area contributed by atoms with E-state index in [2.05, 4.69) is 28.0 Å². The van der Waals surface area contributed by atoms with E-state index in [9.17, 15) is 0 Å². The molecule has 0 aliphatic heterocycles. The van der Waals surface area contributed by atoms with Crippen molar-refractivity contribution >= 4 is 15.9 Å². The standard InChI is InChI=1S/C9H15BrN2O/c1-4-7-9(10)8(6-13-5-2)12(3)11-7/h4-6H2,1-3H3. The molecular formula is C9H15BrN2O. The number of nitrogens with zero attached hydrogens (tertiary/aromatic N) is 2. The number of ether oxygens (including phenoxy) is 1. The summed E-state index contributed by atoms with van der Waals surface area (Å²) in [5.74, 6) is 0. The van der Waals surface area contributed by atoms with Crippen LogP contribution in [0.5, 0.6) is 0 Å². The van der Waals surface area contributed by atoms with E-state index in [1.165, 1.54) is 0 Å². The van der Waals surface area contributed by atoms with Crippen LogP contribution in [0.1, 0.15) is 25.2 Å². The summed E-state index contributed by atoms with van der Waals surface area (Å²) in [5.41, 5.74) is 2.20. The number of hydrogen-bond acceptors (Lipinski definition) is 2. The SMILES string of the molecule is CCOCc1c(Br)c(CC)nn1C. The van der Waals surface area contributed by atoms with Gasteiger partial charge in [0, 0.05) is 13.7 Å². The van der Waals surface area contributed by atoms with Crippen LogP contribution in [-0.2, 0) is 24.8 Å². The topological polar surface area (TPSA) is 27.1 Å². The molecule has 74 valence electrons. The summed E-state index contributed by atoms with van der Waals surface area (Å²) in [6.07, 6.45) is 0.945. The first kappa shape index (κ1) is 10.7.